The van der Waals surface area contributed by atoms with Crippen LogP contribution in [-0.4, -0.2) is 37.5 Å². The Balaban J connectivity index is 1.73. The zero-order chi connectivity index (χ0) is 25.7. The van der Waals surface area contributed by atoms with Gasteiger partial charge in [0.25, 0.3) is 0 Å². The molecule has 0 N–H and O–H groups in total. The van der Waals surface area contributed by atoms with Crippen molar-refractivity contribution in [3.8, 4) is 28.1 Å². The van der Waals surface area contributed by atoms with Crippen LogP contribution in [0.25, 0.3) is 38.8 Å². The number of hydrogen-bond acceptors (Lipinski definition) is 5. The molecule has 0 saturated heterocycles. The van der Waals surface area contributed by atoms with Crippen LogP contribution in [0.5, 0.6) is 0 Å². The summed E-state index contributed by atoms with van der Waals surface area (Å²) in [4.78, 5) is 13.1. The van der Waals surface area contributed by atoms with Gasteiger partial charge in [-0.1, -0.05) is 60.7 Å². The van der Waals surface area contributed by atoms with Crippen molar-refractivity contribution in [2.75, 3.05) is 13.4 Å². The van der Waals surface area contributed by atoms with E-state index >= 15 is 0 Å². The highest BCUT2D eigenvalue weighted by molar-refractivity contribution is 7.90. The first kappa shape index (κ1) is 23.2. The maximum Gasteiger partial charge on any atom is 0.339 e. The zero-order valence-corrected chi connectivity index (χ0v) is 21.2. The first-order valence-corrected chi connectivity index (χ1v) is 13.9. The predicted octanol–water partition coefficient (Wildman–Crippen LogP) is 5.65. The van der Waals surface area contributed by atoms with Crippen molar-refractivity contribution in [3.05, 3.63) is 102 Å². The Kier molecular flexibility index (Phi) is 5.46. The fourth-order valence-electron chi connectivity index (χ4n) is 5.29. The van der Waals surface area contributed by atoms with Crippen molar-refractivity contribution in [1.82, 2.24) is 9.78 Å². The average molecular weight is 509 g/mol. The molecule has 0 fully saturated rings. The minimum Gasteiger partial charge on any atom is -0.465 e. The summed E-state index contributed by atoms with van der Waals surface area (Å²) in [5, 5.41) is 6.94. The van der Waals surface area contributed by atoms with Gasteiger partial charge in [0.15, 0.2) is 9.84 Å². The lowest BCUT2D eigenvalue weighted by Gasteiger charge is -2.24. The van der Waals surface area contributed by atoms with E-state index in [-0.39, 0.29) is 10.5 Å². The number of aromatic nitrogens is 2. The Morgan fingerprint density at radius 3 is 2.41 bits per heavy atom. The molecule has 0 unspecified atom stereocenters. The maximum absolute atomic E-state index is 13.2. The molecule has 1 heterocycles. The molecular formula is C30H24N2O4S. The molecule has 7 heteroatoms. The van der Waals surface area contributed by atoms with Gasteiger partial charge in [-0.3, -0.25) is 0 Å². The highest BCUT2D eigenvalue weighted by Crippen LogP contribution is 2.45. The lowest BCUT2D eigenvalue weighted by atomic mass is 9.81. The molecule has 5 aromatic rings. The third-order valence-electron chi connectivity index (χ3n) is 6.96. The summed E-state index contributed by atoms with van der Waals surface area (Å²) in [6.07, 6.45) is 4.43. The molecule has 0 spiro atoms. The number of esters is 1. The minimum atomic E-state index is -3.79. The quantitative estimate of drug-likeness (QED) is 0.293. The minimum absolute atomic E-state index is 0.0447. The summed E-state index contributed by atoms with van der Waals surface area (Å²) in [6, 6.07) is 25.4. The number of para-hydroxylation sites is 1. The van der Waals surface area contributed by atoms with Gasteiger partial charge in [-0.2, -0.15) is 5.10 Å². The number of fused-ring (bicyclic) bond motifs is 4. The molecule has 37 heavy (non-hydrogen) atoms. The Bertz CT molecular complexity index is 1800. The third-order valence-corrected chi connectivity index (χ3v) is 8.08. The van der Waals surface area contributed by atoms with E-state index < -0.39 is 15.8 Å². The Hall–Kier alpha value is -4.23. The van der Waals surface area contributed by atoms with Crippen molar-refractivity contribution >= 4 is 26.6 Å². The molecule has 6 rings (SSSR count). The smallest absolute Gasteiger partial charge is 0.339 e. The molecule has 0 atom stereocenters. The summed E-state index contributed by atoms with van der Waals surface area (Å²) in [5.41, 5.74) is 5.63. The Labute approximate surface area is 215 Å². The van der Waals surface area contributed by atoms with Crippen molar-refractivity contribution < 1.29 is 17.9 Å². The molecule has 0 bridgehead atoms. The second-order valence-corrected chi connectivity index (χ2v) is 11.2. The molecule has 0 aliphatic heterocycles. The van der Waals surface area contributed by atoms with Crippen LogP contribution in [0.1, 0.15) is 21.5 Å². The molecule has 184 valence electrons. The monoisotopic (exact) mass is 508 g/mol. The summed E-state index contributed by atoms with van der Waals surface area (Å²) < 4.78 is 33.1. The number of rotatable bonds is 4. The largest absolute Gasteiger partial charge is 0.465 e. The van der Waals surface area contributed by atoms with Crippen LogP contribution >= 0.6 is 0 Å². The summed E-state index contributed by atoms with van der Waals surface area (Å²) in [6.45, 7) is 0. The van der Waals surface area contributed by atoms with Gasteiger partial charge in [-0.25, -0.2) is 17.9 Å². The first-order valence-electron chi connectivity index (χ1n) is 12.0. The number of ether oxygens (including phenoxy) is 1. The van der Waals surface area contributed by atoms with Crippen molar-refractivity contribution in [2.24, 2.45) is 0 Å². The fourth-order valence-corrected chi connectivity index (χ4v) is 6.18. The van der Waals surface area contributed by atoms with Gasteiger partial charge in [0.1, 0.15) is 0 Å². The number of sulfone groups is 1. The van der Waals surface area contributed by atoms with Gasteiger partial charge in [0.2, 0.25) is 0 Å². The molecule has 4 aromatic carbocycles. The number of carbonyl (C=O) groups excluding carboxylic acids is 1. The van der Waals surface area contributed by atoms with Crippen molar-refractivity contribution in [3.63, 3.8) is 0 Å². The highest BCUT2D eigenvalue weighted by atomic mass is 32.2. The number of carbonyl (C=O) groups is 1. The zero-order valence-electron chi connectivity index (χ0n) is 20.4. The maximum atomic E-state index is 13.2. The van der Waals surface area contributed by atoms with Crippen LogP contribution in [0.15, 0.2) is 90.0 Å². The first-order chi connectivity index (χ1) is 17.9. The van der Waals surface area contributed by atoms with E-state index in [1.807, 2.05) is 79.0 Å². The van der Waals surface area contributed by atoms with Crippen molar-refractivity contribution in [1.29, 1.82) is 0 Å². The van der Waals surface area contributed by atoms with Gasteiger partial charge in [0, 0.05) is 18.0 Å². The van der Waals surface area contributed by atoms with Gasteiger partial charge in [0.05, 0.1) is 29.0 Å². The third kappa shape index (κ3) is 3.83. The lowest BCUT2D eigenvalue weighted by molar-refractivity contribution is 0.0597. The van der Waals surface area contributed by atoms with E-state index in [9.17, 15) is 13.2 Å². The molecule has 1 aromatic heterocycles. The number of benzene rings is 4. The topological polar surface area (TPSA) is 78.3 Å². The molecule has 1 aliphatic rings. The summed E-state index contributed by atoms with van der Waals surface area (Å²) in [7, 11) is -2.52. The molecule has 0 saturated carbocycles. The second kappa shape index (κ2) is 8.71. The number of aryl methyl sites for hydroxylation is 1. The van der Waals surface area contributed by atoms with Crippen LogP contribution in [0.2, 0.25) is 0 Å². The standard InChI is InChI=1S/C30H24N2O4S/c1-36-30(33)28-26(37(2,34)35)17-25(23-14-8-10-19-9-6-7-13-22(19)23)24-16-15-20-18-32(31-29(20)27(24)28)21-11-4-3-5-12-21/h3-14,17-18H,15-16H2,1-2H3. The van der Waals surface area contributed by atoms with Crippen molar-refractivity contribution in [2.45, 2.75) is 17.7 Å². The highest BCUT2D eigenvalue weighted by Gasteiger charge is 2.34. The van der Waals surface area contributed by atoms with E-state index in [2.05, 4.69) is 0 Å². The van der Waals surface area contributed by atoms with Crippen LogP contribution < -0.4 is 0 Å². The molecule has 0 amide bonds. The van der Waals surface area contributed by atoms with E-state index in [4.69, 9.17) is 9.84 Å². The number of nitrogens with zero attached hydrogens (tertiary/aromatic N) is 2. The van der Waals surface area contributed by atoms with Gasteiger partial charge >= 0.3 is 5.97 Å². The van der Waals surface area contributed by atoms with Gasteiger partial charge < -0.3 is 4.74 Å². The van der Waals surface area contributed by atoms with E-state index in [1.54, 1.807) is 10.7 Å². The second-order valence-electron chi connectivity index (χ2n) is 9.22. The predicted molar refractivity (Wildman–Crippen MR) is 144 cm³/mol. The SMILES string of the molecule is COC(=O)c1c(S(C)(=O)=O)cc(-c2cccc3ccccc23)c2c1-c1nn(-c3ccccc3)cc1CC2. The molecule has 6 nitrogen and oxygen atoms in total. The normalized spacial score (nSPS) is 12.7. The summed E-state index contributed by atoms with van der Waals surface area (Å²) in [5.74, 6) is -0.691. The van der Waals surface area contributed by atoms with Gasteiger partial charge in [-0.05, 0) is 64.1 Å². The average Bonchev–Trinajstić information content (AvgIpc) is 3.36. The van der Waals surface area contributed by atoms with Crippen LogP contribution in [0, 0.1) is 0 Å². The van der Waals surface area contributed by atoms with Crippen LogP contribution in [0.4, 0.5) is 0 Å². The number of methoxy groups -OCH3 is 1. The number of hydrogen-bond donors (Lipinski definition) is 0. The Morgan fingerprint density at radius 1 is 0.919 bits per heavy atom. The summed E-state index contributed by atoms with van der Waals surface area (Å²) >= 11 is 0. The van der Waals surface area contributed by atoms with E-state index in [0.717, 1.165) is 45.0 Å². The fraction of sp³-hybridized carbons (Fsp3) is 0.133. The van der Waals surface area contributed by atoms with Gasteiger partial charge in [-0.15, -0.1) is 0 Å². The van der Waals surface area contributed by atoms with Crippen LogP contribution in [-0.2, 0) is 27.4 Å². The van der Waals surface area contributed by atoms with Crippen LogP contribution in [0.3, 0.4) is 0 Å². The molecular weight excluding hydrogens is 484 g/mol. The van der Waals surface area contributed by atoms with E-state index in [1.165, 1.54) is 7.11 Å². The lowest BCUT2D eigenvalue weighted by Crippen LogP contribution is -2.17. The Morgan fingerprint density at radius 2 is 1.65 bits per heavy atom. The molecule has 1 aliphatic carbocycles. The molecule has 0 radical (unpaired) electrons. The van der Waals surface area contributed by atoms with E-state index in [0.29, 0.717) is 24.1 Å².